The van der Waals surface area contributed by atoms with Crippen LogP contribution in [0.4, 0.5) is 10.1 Å². The molecule has 0 aliphatic rings. The van der Waals surface area contributed by atoms with Gasteiger partial charge in [-0.1, -0.05) is 17.7 Å². The molecule has 0 unspecified atom stereocenters. The number of anilines is 1. The van der Waals surface area contributed by atoms with E-state index in [1.165, 1.54) is 24.3 Å². The molecule has 0 spiro atoms. The lowest BCUT2D eigenvalue weighted by Crippen LogP contribution is -2.34. The molecule has 7 heteroatoms. The quantitative estimate of drug-likeness (QED) is 0.785. The van der Waals surface area contributed by atoms with Gasteiger partial charge in [0.15, 0.2) is 0 Å². The van der Waals surface area contributed by atoms with Gasteiger partial charge in [-0.3, -0.25) is 9.10 Å². The van der Waals surface area contributed by atoms with Crippen LogP contribution in [0.5, 0.6) is 0 Å². The molecular formula is C15H13ClFNO3S. The van der Waals surface area contributed by atoms with E-state index in [9.17, 15) is 17.6 Å². The molecule has 0 amide bonds. The van der Waals surface area contributed by atoms with Gasteiger partial charge in [-0.25, -0.2) is 12.8 Å². The summed E-state index contributed by atoms with van der Waals surface area (Å²) in [5.74, 6) is -0.506. The average molecular weight is 342 g/mol. The zero-order valence-corrected chi connectivity index (χ0v) is 13.2. The molecular weight excluding hydrogens is 329 g/mol. The molecule has 22 heavy (non-hydrogen) atoms. The minimum Gasteiger partial charge on any atom is -0.279 e. The average Bonchev–Trinajstić information content (AvgIpc) is 2.46. The second-order valence-electron chi connectivity index (χ2n) is 4.66. The van der Waals surface area contributed by atoms with E-state index in [1.807, 2.05) is 6.92 Å². The minimum absolute atomic E-state index is 0.0281. The highest BCUT2D eigenvalue weighted by atomic mass is 35.5. The van der Waals surface area contributed by atoms with Gasteiger partial charge in [-0.2, -0.15) is 0 Å². The summed E-state index contributed by atoms with van der Waals surface area (Å²) < 4.78 is 39.2. The van der Waals surface area contributed by atoms with E-state index in [0.29, 0.717) is 0 Å². The molecule has 0 saturated carbocycles. The van der Waals surface area contributed by atoms with Gasteiger partial charge in [-0.05, 0) is 54.9 Å². The fourth-order valence-electron chi connectivity index (χ4n) is 1.87. The second kappa shape index (κ2) is 6.46. The van der Waals surface area contributed by atoms with Crippen LogP contribution in [0.25, 0.3) is 0 Å². The third kappa shape index (κ3) is 3.64. The number of halogens is 2. The fraction of sp³-hybridized carbons (Fsp3) is 0.133. The maximum Gasteiger partial charge on any atom is 0.264 e. The molecule has 0 saturated heterocycles. The molecule has 2 rings (SSSR count). The first-order valence-electron chi connectivity index (χ1n) is 6.34. The Bertz CT molecular complexity index is 773. The number of hydrogen-bond donors (Lipinski definition) is 0. The Labute approximate surface area is 133 Å². The summed E-state index contributed by atoms with van der Waals surface area (Å²) in [7, 11) is -3.97. The summed E-state index contributed by atoms with van der Waals surface area (Å²) >= 11 is 5.35. The van der Waals surface area contributed by atoms with Crippen LogP contribution in [0.3, 0.4) is 0 Å². The molecule has 116 valence electrons. The first kappa shape index (κ1) is 16.5. The number of hydrogen-bond acceptors (Lipinski definition) is 3. The standard InChI is InChI=1S/C15H13ClFNO3S/c1-11-2-8-14(9-3-11)22(20,21)18(10-15(16)19)13-6-4-12(17)5-7-13/h2-9H,10H2,1H3. The van der Waals surface area contributed by atoms with Crippen LogP contribution in [0.1, 0.15) is 5.56 Å². The number of carbonyl (C=O) groups excluding carboxylic acids is 1. The molecule has 0 heterocycles. The van der Waals surface area contributed by atoms with Crippen molar-refractivity contribution in [1.29, 1.82) is 0 Å². The third-order valence-electron chi connectivity index (χ3n) is 2.99. The van der Waals surface area contributed by atoms with E-state index in [2.05, 4.69) is 0 Å². The van der Waals surface area contributed by atoms with Gasteiger partial charge in [0.1, 0.15) is 12.4 Å². The SMILES string of the molecule is Cc1ccc(S(=O)(=O)N(CC(=O)Cl)c2ccc(F)cc2)cc1. The number of benzene rings is 2. The summed E-state index contributed by atoms with van der Waals surface area (Å²) in [5.41, 5.74) is 1.07. The molecule has 0 aliphatic carbocycles. The lowest BCUT2D eigenvalue weighted by Gasteiger charge is -2.23. The summed E-state index contributed by atoms with van der Waals surface area (Å²) in [6.45, 7) is 1.29. The smallest absolute Gasteiger partial charge is 0.264 e. The maximum atomic E-state index is 13.0. The largest absolute Gasteiger partial charge is 0.279 e. The van der Waals surface area contributed by atoms with Crippen molar-refractivity contribution in [1.82, 2.24) is 0 Å². The van der Waals surface area contributed by atoms with Gasteiger partial charge in [-0.15, -0.1) is 0 Å². The molecule has 0 fully saturated rings. The van der Waals surface area contributed by atoms with Gasteiger partial charge in [0.05, 0.1) is 10.6 Å². The molecule has 0 atom stereocenters. The van der Waals surface area contributed by atoms with Gasteiger partial charge in [0, 0.05) is 0 Å². The van der Waals surface area contributed by atoms with E-state index < -0.39 is 27.6 Å². The summed E-state index contributed by atoms with van der Waals surface area (Å²) in [4.78, 5) is 11.2. The molecule has 2 aromatic carbocycles. The predicted octanol–water partition coefficient (Wildman–Crippen LogP) is 3.09. The Morgan fingerprint density at radius 2 is 1.64 bits per heavy atom. The van der Waals surface area contributed by atoms with Gasteiger partial charge in [0.25, 0.3) is 10.0 Å². The van der Waals surface area contributed by atoms with E-state index in [0.717, 1.165) is 22.0 Å². The number of carbonyl (C=O) groups is 1. The first-order valence-corrected chi connectivity index (χ1v) is 8.16. The van der Waals surface area contributed by atoms with Crippen LogP contribution in [-0.2, 0) is 14.8 Å². The van der Waals surface area contributed by atoms with Crippen molar-refractivity contribution in [2.75, 3.05) is 10.8 Å². The van der Waals surface area contributed by atoms with Crippen molar-refractivity contribution >= 4 is 32.6 Å². The zero-order chi connectivity index (χ0) is 16.3. The summed E-state index contributed by atoms with van der Waals surface area (Å²) in [6.07, 6.45) is 0. The van der Waals surface area contributed by atoms with E-state index in [1.54, 1.807) is 12.1 Å². The molecule has 0 bridgehead atoms. The fourth-order valence-corrected chi connectivity index (χ4v) is 3.48. The zero-order valence-electron chi connectivity index (χ0n) is 11.7. The van der Waals surface area contributed by atoms with Crippen molar-refractivity contribution in [2.45, 2.75) is 11.8 Å². The highest BCUT2D eigenvalue weighted by Gasteiger charge is 2.26. The lowest BCUT2D eigenvalue weighted by molar-refractivity contribution is -0.110. The maximum absolute atomic E-state index is 13.0. The minimum atomic E-state index is -3.97. The van der Waals surface area contributed by atoms with Gasteiger partial charge >= 0.3 is 0 Å². The number of sulfonamides is 1. The number of aryl methyl sites for hydroxylation is 1. The van der Waals surface area contributed by atoms with Crippen molar-refractivity contribution in [2.24, 2.45) is 0 Å². The Balaban J connectivity index is 2.50. The third-order valence-corrected chi connectivity index (χ3v) is 4.90. The van der Waals surface area contributed by atoms with Crippen LogP contribution >= 0.6 is 11.6 Å². The molecule has 0 radical (unpaired) electrons. The summed E-state index contributed by atoms with van der Waals surface area (Å²) in [6, 6.07) is 11.0. The predicted molar refractivity (Wildman–Crippen MR) is 83.0 cm³/mol. The topological polar surface area (TPSA) is 54.5 Å². The first-order chi connectivity index (χ1) is 10.3. The van der Waals surface area contributed by atoms with Crippen LogP contribution in [0.2, 0.25) is 0 Å². The monoisotopic (exact) mass is 341 g/mol. The van der Waals surface area contributed by atoms with Crippen LogP contribution in [0, 0.1) is 12.7 Å². The van der Waals surface area contributed by atoms with E-state index in [4.69, 9.17) is 11.6 Å². The highest BCUT2D eigenvalue weighted by Crippen LogP contribution is 2.24. The summed E-state index contributed by atoms with van der Waals surface area (Å²) in [5, 5.41) is -0.833. The van der Waals surface area contributed by atoms with Crippen molar-refractivity contribution < 1.29 is 17.6 Å². The second-order valence-corrected chi connectivity index (χ2v) is 6.94. The Hall–Kier alpha value is -1.92. The van der Waals surface area contributed by atoms with Crippen molar-refractivity contribution in [3.05, 3.63) is 59.9 Å². The molecule has 0 aliphatic heterocycles. The highest BCUT2D eigenvalue weighted by molar-refractivity contribution is 7.92. The Kier molecular flexibility index (Phi) is 4.83. The van der Waals surface area contributed by atoms with Crippen LogP contribution in [-0.4, -0.2) is 20.2 Å². The number of nitrogens with zero attached hydrogens (tertiary/aromatic N) is 1. The normalized spacial score (nSPS) is 11.2. The molecule has 2 aromatic rings. The molecule has 0 aromatic heterocycles. The lowest BCUT2D eigenvalue weighted by atomic mass is 10.2. The van der Waals surface area contributed by atoms with E-state index >= 15 is 0 Å². The van der Waals surface area contributed by atoms with Crippen molar-refractivity contribution in [3.8, 4) is 0 Å². The number of rotatable bonds is 5. The van der Waals surface area contributed by atoms with Gasteiger partial charge < -0.3 is 0 Å². The molecule has 4 nitrogen and oxygen atoms in total. The Morgan fingerprint density at radius 3 is 2.14 bits per heavy atom. The van der Waals surface area contributed by atoms with Gasteiger partial charge in [0.2, 0.25) is 5.24 Å². The van der Waals surface area contributed by atoms with E-state index in [-0.39, 0.29) is 10.6 Å². The molecule has 0 N–H and O–H groups in total. The van der Waals surface area contributed by atoms with Crippen molar-refractivity contribution in [3.63, 3.8) is 0 Å². The van der Waals surface area contributed by atoms with Crippen LogP contribution in [0.15, 0.2) is 53.4 Å². The van der Waals surface area contributed by atoms with Crippen LogP contribution < -0.4 is 4.31 Å². The Morgan fingerprint density at radius 1 is 1.09 bits per heavy atom.